The number of halogens is 3. The molecule has 0 bridgehead atoms. The molecule has 0 aliphatic carbocycles. The Morgan fingerprint density at radius 3 is 2.04 bits per heavy atom. The number of alkyl halides is 3. The van der Waals surface area contributed by atoms with E-state index in [0.717, 1.165) is 6.07 Å². The molecule has 0 amide bonds. The highest BCUT2D eigenvalue weighted by Gasteiger charge is 2.39. The van der Waals surface area contributed by atoms with Crippen LogP contribution in [-0.4, -0.2) is 37.1 Å². The maximum atomic E-state index is 13.1. The number of aliphatic hydroxyl groups is 1. The molecule has 0 saturated carbocycles. The van der Waals surface area contributed by atoms with Crippen LogP contribution in [0.25, 0.3) is 0 Å². The van der Waals surface area contributed by atoms with Crippen molar-refractivity contribution < 1.29 is 27.4 Å². The van der Waals surface area contributed by atoms with Gasteiger partial charge in [-0.3, -0.25) is 4.98 Å². The number of hydrogen-bond acceptors (Lipinski definition) is 4. The van der Waals surface area contributed by atoms with Crippen molar-refractivity contribution >= 4 is 21.3 Å². The largest absolute Gasteiger partial charge is 0.433 e. The normalized spacial score (nSPS) is 14.3. The van der Waals surface area contributed by atoms with Crippen LogP contribution >= 0.6 is 0 Å². The third-order valence-corrected chi connectivity index (χ3v) is 10.3. The first-order valence-electron chi connectivity index (χ1n) is 9.33. The summed E-state index contributed by atoms with van der Waals surface area (Å²) in [6, 6.07) is 1.03. The Bertz CT molecular complexity index is 680. The predicted molar refractivity (Wildman–Crippen MR) is 109 cm³/mol. The van der Waals surface area contributed by atoms with E-state index in [4.69, 9.17) is 9.08 Å². The SMILES string of the molecule is CC(C)(O)C(C)(C)OBc1cnc(C(F)(F)F)cc1CO[Si](C)(C)C(C)(C)C. The molecule has 0 atom stereocenters. The van der Waals surface area contributed by atoms with Gasteiger partial charge >= 0.3 is 13.7 Å². The number of rotatable bonds is 7. The fourth-order valence-corrected chi connectivity index (χ4v) is 2.80. The molecule has 1 aromatic heterocycles. The summed E-state index contributed by atoms with van der Waals surface area (Å²) in [5, 5.41) is 10.2. The van der Waals surface area contributed by atoms with Crippen LogP contribution in [0.2, 0.25) is 18.1 Å². The van der Waals surface area contributed by atoms with Crippen LogP contribution in [0.4, 0.5) is 13.2 Å². The van der Waals surface area contributed by atoms with Crippen LogP contribution in [0.5, 0.6) is 0 Å². The maximum Gasteiger partial charge on any atom is 0.433 e. The molecule has 0 radical (unpaired) electrons. The molecule has 160 valence electrons. The van der Waals surface area contributed by atoms with Crippen LogP contribution in [0.3, 0.4) is 0 Å². The summed E-state index contributed by atoms with van der Waals surface area (Å²) in [7, 11) is -2.12. The van der Waals surface area contributed by atoms with E-state index in [0.29, 0.717) is 11.0 Å². The van der Waals surface area contributed by atoms with Gasteiger partial charge in [0.2, 0.25) is 0 Å². The molecule has 9 heteroatoms. The molecular formula is C19H33BF3NO3Si. The Balaban J connectivity index is 3.16. The van der Waals surface area contributed by atoms with Gasteiger partial charge in [0.25, 0.3) is 0 Å². The first-order chi connectivity index (χ1) is 12.3. The van der Waals surface area contributed by atoms with Crippen LogP contribution in [0.15, 0.2) is 12.3 Å². The van der Waals surface area contributed by atoms with E-state index in [1.165, 1.54) is 6.20 Å². The number of nitrogens with zero attached hydrogens (tertiary/aromatic N) is 1. The molecule has 1 aromatic rings. The van der Waals surface area contributed by atoms with Gasteiger partial charge in [0.15, 0.2) is 8.32 Å². The second-order valence-corrected chi connectivity index (χ2v) is 14.6. The summed E-state index contributed by atoms with van der Waals surface area (Å²) in [6.07, 6.45) is -3.34. The lowest BCUT2D eigenvalue weighted by atomic mass is 9.81. The summed E-state index contributed by atoms with van der Waals surface area (Å²) in [5.74, 6) is 0. The van der Waals surface area contributed by atoms with E-state index in [2.05, 4.69) is 25.8 Å². The Kier molecular flexibility index (Phi) is 7.26. The van der Waals surface area contributed by atoms with E-state index in [1.807, 2.05) is 13.1 Å². The summed E-state index contributed by atoms with van der Waals surface area (Å²) >= 11 is 0. The van der Waals surface area contributed by atoms with Crippen molar-refractivity contribution in [3.8, 4) is 0 Å². The van der Waals surface area contributed by atoms with Gasteiger partial charge in [0.1, 0.15) is 5.69 Å². The highest BCUT2D eigenvalue weighted by Crippen LogP contribution is 2.37. The van der Waals surface area contributed by atoms with E-state index < -0.39 is 31.4 Å². The quantitative estimate of drug-likeness (QED) is 0.675. The minimum atomic E-state index is -4.53. The van der Waals surface area contributed by atoms with Crippen molar-refractivity contribution in [2.24, 2.45) is 0 Å². The number of aromatic nitrogens is 1. The second-order valence-electron chi connectivity index (χ2n) is 9.74. The summed E-state index contributed by atoms with van der Waals surface area (Å²) < 4.78 is 51.4. The van der Waals surface area contributed by atoms with Crippen molar-refractivity contribution in [2.75, 3.05) is 0 Å². The van der Waals surface area contributed by atoms with E-state index in [9.17, 15) is 18.3 Å². The minimum absolute atomic E-state index is 0.0261. The molecule has 0 fully saturated rings. The Hall–Kier alpha value is -0.898. The van der Waals surface area contributed by atoms with Gasteiger partial charge in [0.05, 0.1) is 17.8 Å². The number of hydrogen-bond donors (Lipinski definition) is 1. The minimum Gasteiger partial charge on any atom is -0.427 e. The molecule has 1 N–H and O–H groups in total. The van der Waals surface area contributed by atoms with E-state index in [1.54, 1.807) is 27.7 Å². The number of pyridine rings is 1. The topological polar surface area (TPSA) is 51.6 Å². The molecule has 28 heavy (non-hydrogen) atoms. The van der Waals surface area contributed by atoms with Crippen molar-refractivity contribution in [3.63, 3.8) is 0 Å². The highest BCUT2D eigenvalue weighted by atomic mass is 28.4. The zero-order valence-electron chi connectivity index (χ0n) is 18.4. The van der Waals surface area contributed by atoms with Crippen molar-refractivity contribution in [1.82, 2.24) is 4.98 Å². The highest BCUT2D eigenvalue weighted by molar-refractivity contribution is 6.74. The smallest absolute Gasteiger partial charge is 0.427 e. The van der Waals surface area contributed by atoms with Gasteiger partial charge in [-0.05, 0) is 62.9 Å². The van der Waals surface area contributed by atoms with Crippen molar-refractivity contribution in [2.45, 2.75) is 90.6 Å². The lowest BCUT2D eigenvalue weighted by Gasteiger charge is -2.38. The molecule has 0 saturated heterocycles. The fraction of sp³-hybridized carbons (Fsp3) is 0.737. The zero-order chi connectivity index (χ0) is 22.2. The first-order valence-corrected chi connectivity index (χ1v) is 12.2. The molecule has 1 heterocycles. The van der Waals surface area contributed by atoms with Gasteiger partial charge in [-0.15, -0.1) is 0 Å². The lowest BCUT2D eigenvalue weighted by Crippen LogP contribution is -2.49. The molecule has 0 aromatic carbocycles. The van der Waals surface area contributed by atoms with E-state index >= 15 is 0 Å². The van der Waals surface area contributed by atoms with Crippen molar-refractivity contribution in [3.05, 3.63) is 23.5 Å². The van der Waals surface area contributed by atoms with Crippen molar-refractivity contribution in [1.29, 1.82) is 0 Å². The molecule has 1 rings (SSSR count). The van der Waals surface area contributed by atoms with Crippen LogP contribution in [0, 0.1) is 0 Å². The fourth-order valence-electron chi connectivity index (χ4n) is 1.85. The van der Waals surface area contributed by atoms with Crippen LogP contribution in [0.1, 0.15) is 59.7 Å². The first kappa shape index (κ1) is 25.1. The lowest BCUT2D eigenvalue weighted by molar-refractivity contribution is -0.141. The predicted octanol–water partition coefficient (Wildman–Crippen LogP) is 4.17. The average molecular weight is 419 g/mol. The van der Waals surface area contributed by atoms with Gasteiger partial charge in [-0.25, -0.2) is 0 Å². The van der Waals surface area contributed by atoms with E-state index in [-0.39, 0.29) is 19.1 Å². The molecular weight excluding hydrogens is 386 g/mol. The standard InChI is InChI=1S/C19H33BF3NO3Si/c1-16(2,3)28(8,9)26-12-13-10-15(19(21,22)23)24-11-14(13)20-27-18(6,7)17(4,5)25/h10-11,20,25H,12H2,1-9H3. The van der Waals surface area contributed by atoms with Gasteiger partial charge < -0.3 is 14.2 Å². The van der Waals surface area contributed by atoms with Gasteiger partial charge in [0, 0.05) is 6.20 Å². The van der Waals surface area contributed by atoms with Crippen LogP contribution < -0.4 is 5.46 Å². The molecule has 0 spiro atoms. The zero-order valence-corrected chi connectivity index (χ0v) is 19.4. The summed E-state index contributed by atoms with van der Waals surface area (Å²) in [6.45, 7) is 17.1. The Morgan fingerprint density at radius 1 is 1.07 bits per heavy atom. The molecule has 0 aliphatic rings. The van der Waals surface area contributed by atoms with Crippen LogP contribution in [-0.2, 0) is 21.9 Å². The Labute approximate surface area is 168 Å². The molecule has 4 nitrogen and oxygen atoms in total. The van der Waals surface area contributed by atoms with Gasteiger partial charge in [-0.2, -0.15) is 13.2 Å². The maximum absolute atomic E-state index is 13.1. The second kappa shape index (κ2) is 8.09. The van der Waals surface area contributed by atoms with Gasteiger partial charge in [-0.1, -0.05) is 20.8 Å². The monoisotopic (exact) mass is 419 g/mol. The average Bonchev–Trinajstić information content (AvgIpc) is 2.48. The summed E-state index contributed by atoms with van der Waals surface area (Å²) in [4.78, 5) is 3.55. The molecule has 0 unspecified atom stereocenters. The third kappa shape index (κ3) is 6.30. The summed E-state index contributed by atoms with van der Waals surface area (Å²) in [5.41, 5.74) is -2.05. The molecule has 0 aliphatic heterocycles. The third-order valence-electron chi connectivity index (χ3n) is 5.83. The Morgan fingerprint density at radius 2 is 1.61 bits per heavy atom.